The van der Waals surface area contributed by atoms with Crippen molar-refractivity contribution >= 4 is 21.7 Å². The monoisotopic (exact) mass is 407 g/mol. The summed E-state index contributed by atoms with van der Waals surface area (Å²) in [6.45, 7) is 2.81. The SMILES string of the molecule is CCOC(=O)C1CCN(C(=O)c2nc(CS(=O)(=O)c3ccccc3)no2)CC1. The summed E-state index contributed by atoms with van der Waals surface area (Å²) < 4.78 is 34.7. The molecular formula is C18H21N3O6S. The van der Waals surface area contributed by atoms with Gasteiger partial charge < -0.3 is 14.2 Å². The van der Waals surface area contributed by atoms with Crippen LogP contribution in [0.3, 0.4) is 0 Å². The maximum atomic E-state index is 12.5. The Morgan fingerprint density at radius 2 is 1.89 bits per heavy atom. The van der Waals surface area contributed by atoms with E-state index in [0.717, 1.165) is 0 Å². The Kier molecular flexibility index (Phi) is 6.08. The largest absolute Gasteiger partial charge is 0.466 e. The van der Waals surface area contributed by atoms with E-state index in [1.165, 1.54) is 17.0 Å². The number of hydrogen-bond acceptors (Lipinski definition) is 8. The molecule has 1 amide bonds. The number of nitrogens with zero attached hydrogens (tertiary/aromatic N) is 3. The molecule has 150 valence electrons. The molecule has 0 spiro atoms. The van der Waals surface area contributed by atoms with E-state index < -0.39 is 21.5 Å². The van der Waals surface area contributed by atoms with Gasteiger partial charge in [-0.05, 0) is 31.9 Å². The Morgan fingerprint density at radius 1 is 1.21 bits per heavy atom. The third-order valence-electron chi connectivity index (χ3n) is 4.47. The molecule has 1 aliphatic heterocycles. The number of likely N-dealkylation sites (tertiary alicyclic amines) is 1. The van der Waals surface area contributed by atoms with E-state index in [1.54, 1.807) is 25.1 Å². The van der Waals surface area contributed by atoms with Gasteiger partial charge in [0.1, 0.15) is 5.75 Å². The molecule has 28 heavy (non-hydrogen) atoms. The van der Waals surface area contributed by atoms with Gasteiger partial charge in [-0.15, -0.1) is 0 Å². The van der Waals surface area contributed by atoms with Gasteiger partial charge >= 0.3 is 17.8 Å². The van der Waals surface area contributed by atoms with Gasteiger partial charge in [0.05, 0.1) is 17.4 Å². The minimum absolute atomic E-state index is 0.0754. The first-order valence-electron chi connectivity index (χ1n) is 8.97. The number of sulfone groups is 1. The predicted molar refractivity (Wildman–Crippen MR) is 96.9 cm³/mol. The molecular weight excluding hydrogens is 386 g/mol. The summed E-state index contributed by atoms with van der Waals surface area (Å²) in [6, 6.07) is 7.93. The van der Waals surface area contributed by atoms with Gasteiger partial charge in [-0.1, -0.05) is 23.4 Å². The molecule has 1 aliphatic rings. The molecule has 0 atom stereocenters. The predicted octanol–water partition coefficient (Wildman–Crippen LogP) is 1.46. The van der Waals surface area contributed by atoms with Gasteiger partial charge in [-0.3, -0.25) is 9.59 Å². The Balaban J connectivity index is 1.61. The zero-order valence-corrected chi connectivity index (χ0v) is 16.2. The molecule has 3 rings (SSSR count). The van der Waals surface area contributed by atoms with Crippen molar-refractivity contribution in [2.75, 3.05) is 19.7 Å². The van der Waals surface area contributed by atoms with Crippen molar-refractivity contribution in [1.82, 2.24) is 15.0 Å². The average Bonchev–Trinajstić information content (AvgIpc) is 3.16. The average molecular weight is 407 g/mol. The highest BCUT2D eigenvalue weighted by Crippen LogP contribution is 2.20. The van der Waals surface area contributed by atoms with Crippen LogP contribution in [0.1, 0.15) is 36.3 Å². The molecule has 0 saturated carbocycles. The van der Waals surface area contributed by atoms with Crippen LogP contribution in [0.15, 0.2) is 39.8 Å². The summed E-state index contributed by atoms with van der Waals surface area (Å²) in [6.07, 6.45) is 0.988. The Labute approximate surface area is 162 Å². The Morgan fingerprint density at radius 3 is 2.54 bits per heavy atom. The van der Waals surface area contributed by atoms with Crippen LogP contribution in [0.5, 0.6) is 0 Å². The fourth-order valence-electron chi connectivity index (χ4n) is 2.99. The third-order valence-corrected chi connectivity index (χ3v) is 6.10. The van der Waals surface area contributed by atoms with E-state index in [1.807, 2.05) is 0 Å². The van der Waals surface area contributed by atoms with Gasteiger partial charge in [0.15, 0.2) is 15.7 Å². The van der Waals surface area contributed by atoms with E-state index in [2.05, 4.69) is 10.1 Å². The molecule has 1 aromatic carbocycles. The van der Waals surface area contributed by atoms with E-state index in [9.17, 15) is 18.0 Å². The summed E-state index contributed by atoms with van der Waals surface area (Å²) >= 11 is 0. The maximum absolute atomic E-state index is 12.5. The molecule has 1 aromatic heterocycles. The van der Waals surface area contributed by atoms with E-state index >= 15 is 0 Å². The lowest BCUT2D eigenvalue weighted by Gasteiger charge is -2.29. The fourth-order valence-corrected chi connectivity index (χ4v) is 4.19. The van der Waals surface area contributed by atoms with Crippen molar-refractivity contribution in [1.29, 1.82) is 0 Å². The number of benzene rings is 1. The van der Waals surface area contributed by atoms with Crippen molar-refractivity contribution in [3.63, 3.8) is 0 Å². The lowest BCUT2D eigenvalue weighted by molar-refractivity contribution is -0.149. The van der Waals surface area contributed by atoms with Crippen molar-refractivity contribution in [3.05, 3.63) is 42.0 Å². The summed E-state index contributed by atoms with van der Waals surface area (Å²) in [4.78, 5) is 29.9. The van der Waals surface area contributed by atoms with Crippen LogP contribution in [-0.2, 0) is 25.1 Å². The highest BCUT2D eigenvalue weighted by Gasteiger charge is 2.31. The lowest BCUT2D eigenvalue weighted by atomic mass is 9.97. The fraction of sp³-hybridized carbons (Fsp3) is 0.444. The topological polar surface area (TPSA) is 120 Å². The Bertz CT molecular complexity index is 933. The molecule has 9 nitrogen and oxygen atoms in total. The lowest BCUT2D eigenvalue weighted by Crippen LogP contribution is -2.40. The number of aromatic nitrogens is 2. The number of carbonyl (C=O) groups excluding carboxylic acids is 2. The molecule has 1 fully saturated rings. The second-order valence-electron chi connectivity index (χ2n) is 6.41. The molecule has 0 unspecified atom stereocenters. The zero-order valence-electron chi connectivity index (χ0n) is 15.4. The molecule has 2 aromatic rings. The smallest absolute Gasteiger partial charge is 0.316 e. The molecule has 0 bridgehead atoms. The quantitative estimate of drug-likeness (QED) is 0.660. The number of amides is 1. The number of piperidine rings is 1. The summed E-state index contributed by atoms with van der Waals surface area (Å²) in [5, 5.41) is 3.62. The van der Waals surface area contributed by atoms with Crippen LogP contribution >= 0.6 is 0 Å². The summed E-state index contributed by atoms with van der Waals surface area (Å²) in [5.41, 5.74) is 0. The van der Waals surface area contributed by atoms with Gasteiger partial charge in [0, 0.05) is 13.1 Å². The van der Waals surface area contributed by atoms with Gasteiger partial charge in [-0.25, -0.2) is 8.42 Å². The Hall–Kier alpha value is -2.75. The van der Waals surface area contributed by atoms with Gasteiger partial charge in [0.2, 0.25) is 0 Å². The van der Waals surface area contributed by atoms with Gasteiger partial charge in [0.25, 0.3) is 0 Å². The van der Waals surface area contributed by atoms with Gasteiger partial charge in [-0.2, -0.15) is 4.98 Å². The second-order valence-corrected chi connectivity index (χ2v) is 8.40. The first-order valence-corrected chi connectivity index (χ1v) is 10.6. The molecule has 1 saturated heterocycles. The molecule has 10 heteroatoms. The van der Waals surface area contributed by atoms with Crippen molar-refractivity contribution in [3.8, 4) is 0 Å². The van der Waals surface area contributed by atoms with Crippen LogP contribution < -0.4 is 0 Å². The van der Waals surface area contributed by atoms with E-state index in [-0.39, 0.29) is 28.5 Å². The maximum Gasteiger partial charge on any atom is 0.316 e. The molecule has 0 radical (unpaired) electrons. The highest BCUT2D eigenvalue weighted by molar-refractivity contribution is 7.90. The third kappa shape index (κ3) is 4.56. The zero-order chi connectivity index (χ0) is 20.1. The minimum atomic E-state index is -3.63. The minimum Gasteiger partial charge on any atom is -0.466 e. The summed E-state index contributed by atoms with van der Waals surface area (Å²) in [7, 11) is -3.63. The van der Waals surface area contributed by atoms with Crippen molar-refractivity contribution < 1.29 is 27.3 Å². The molecule has 0 N–H and O–H groups in total. The molecule has 2 heterocycles. The van der Waals surface area contributed by atoms with Crippen molar-refractivity contribution in [2.45, 2.75) is 30.4 Å². The van der Waals surface area contributed by atoms with Crippen LogP contribution in [0.25, 0.3) is 0 Å². The number of ether oxygens (including phenoxy) is 1. The number of rotatable bonds is 6. The first-order chi connectivity index (χ1) is 13.4. The van der Waals surface area contributed by atoms with Crippen molar-refractivity contribution in [2.24, 2.45) is 5.92 Å². The summed E-state index contributed by atoms with van der Waals surface area (Å²) in [5.74, 6) is -1.74. The van der Waals surface area contributed by atoms with Crippen LogP contribution in [0.4, 0.5) is 0 Å². The van der Waals surface area contributed by atoms with E-state index in [0.29, 0.717) is 32.5 Å². The molecule has 0 aliphatic carbocycles. The van der Waals surface area contributed by atoms with Crippen LogP contribution in [0, 0.1) is 5.92 Å². The van der Waals surface area contributed by atoms with E-state index in [4.69, 9.17) is 9.26 Å². The number of carbonyl (C=O) groups is 2. The standard InChI is InChI=1S/C18H21N3O6S/c1-2-26-18(23)13-8-10-21(11-9-13)17(22)16-19-15(20-27-16)12-28(24,25)14-6-4-3-5-7-14/h3-7,13H,2,8-12H2,1H3. The normalized spacial score (nSPS) is 15.4. The number of esters is 1. The van der Waals surface area contributed by atoms with Crippen LogP contribution in [-0.4, -0.2) is 55.0 Å². The number of hydrogen-bond donors (Lipinski definition) is 0. The second kappa shape index (κ2) is 8.51. The first kappa shape index (κ1) is 20.0. The van der Waals surface area contributed by atoms with Crippen LogP contribution in [0.2, 0.25) is 0 Å². The highest BCUT2D eigenvalue weighted by atomic mass is 32.2.